The Morgan fingerprint density at radius 1 is 0.742 bits per heavy atom. The number of methoxy groups -OCH3 is 2. The minimum Gasteiger partial charge on any atom is -0.507 e. The summed E-state index contributed by atoms with van der Waals surface area (Å²) in [7, 11) is 2.71. The number of nitrogens with zero attached hydrogens (tertiary/aromatic N) is 1. The Morgan fingerprint density at radius 3 is 1.87 bits per heavy atom. The third-order valence-corrected chi connectivity index (χ3v) is 17.6. The zero-order valence-corrected chi connectivity index (χ0v) is 55.4. The van der Waals surface area contributed by atoms with Crippen molar-refractivity contribution in [2.45, 2.75) is 281 Å². The summed E-state index contributed by atoms with van der Waals surface area (Å²) < 4.78 is 85.5. The molecule has 29 heteroatoms. The van der Waals surface area contributed by atoms with Crippen molar-refractivity contribution in [1.29, 1.82) is 0 Å². The molecule has 0 spiro atoms. The molecule has 6 aliphatic rings. The third-order valence-electron chi connectivity index (χ3n) is 17.6. The number of fused-ring (bicyclic) bond motifs is 2. The molecule has 0 radical (unpaired) electrons. The maximum Gasteiger partial charge on any atom is 0.308 e. The lowest BCUT2D eigenvalue weighted by Crippen LogP contribution is -2.59. The lowest BCUT2D eigenvalue weighted by molar-refractivity contribution is -0.334. The van der Waals surface area contributed by atoms with Crippen LogP contribution in [0.5, 0.6) is 17.2 Å². The van der Waals surface area contributed by atoms with Gasteiger partial charge in [0.1, 0.15) is 71.3 Å². The molecular weight excluding hydrogens is 1230 g/mol. The van der Waals surface area contributed by atoms with Crippen molar-refractivity contribution in [1.82, 2.24) is 5.32 Å². The van der Waals surface area contributed by atoms with Crippen molar-refractivity contribution < 1.29 is 131 Å². The van der Waals surface area contributed by atoms with Gasteiger partial charge < -0.3 is 117 Å². The van der Waals surface area contributed by atoms with E-state index in [1.54, 1.807) is 69.2 Å². The number of nitrogens with one attached hydrogen (secondary N) is 1. The predicted octanol–water partition coefficient (Wildman–Crippen LogP) is 2.59. The van der Waals surface area contributed by atoms with Crippen molar-refractivity contribution in [3.63, 3.8) is 0 Å². The fraction of sp³-hybridized carbons (Fsp3) is 0.766. The van der Waals surface area contributed by atoms with Crippen molar-refractivity contribution >= 4 is 40.1 Å². The molecule has 524 valence electrons. The molecule has 1 amide bonds. The number of hydrogen-bond acceptors (Lipinski definition) is 28. The topological polar surface area (TPSA) is 393 Å². The van der Waals surface area contributed by atoms with Crippen LogP contribution in [-0.4, -0.2) is 243 Å². The van der Waals surface area contributed by atoms with Gasteiger partial charge in [-0.15, -0.1) is 0 Å². The van der Waals surface area contributed by atoms with Gasteiger partial charge in [-0.2, -0.15) is 0 Å². The van der Waals surface area contributed by atoms with Gasteiger partial charge in [0.2, 0.25) is 6.29 Å². The highest BCUT2D eigenvalue weighted by Gasteiger charge is 2.53. The zero-order valence-electron chi connectivity index (χ0n) is 55.4. The summed E-state index contributed by atoms with van der Waals surface area (Å²) in [6.45, 7) is 20.2. The summed E-state index contributed by atoms with van der Waals surface area (Å²) >= 11 is 0. The normalized spacial score (nSPS) is 37.1. The van der Waals surface area contributed by atoms with Crippen molar-refractivity contribution in [3.05, 3.63) is 29.3 Å². The molecular formula is C64H96N2O27. The minimum atomic E-state index is -1.83. The molecule has 29 nitrogen and oxygen atoms in total. The van der Waals surface area contributed by atoms with Crippen LogP contribution in [0.4, 0.5) is 0 Å². The zero-order chi connectivity index (χ0) is 68.5. The number of aliphatic hydroxyl groups excluding tert-OH is 5. The van der Waals surface area contributed by atoms with Crippen LogP contribution in [0, 0.1) is 11.8 Å². The molecule has 5 aliphatic heterocycles. The van der Waals surface area contributed by atoms with Gasteiger partial charge in [0, 0.05) is 70.8 Å². The Labute approximate surface area is 540 Å². The van der Waals surface area contributed by atoms with Crippen LogP contribution < -0.4 is 10.1 Å². The number of amides is 1. The van der Waals surface area contributed by atoms with E-state index in [-0.39, 0.29) is 71.9 Å². The monoisotopic (exact) mass is 1320 g/mol. The predicted molar refractivity (Wildman–Crippen MR) is 323 cm³/mol. The van der Waals surface area contributed by atoms with E-state index in [4.69, 9.17) is 71.2 Å². The van der Waals surface area contributed by atoms with Gasteiger partial charge in [-0.25, -0.2) is 0 Å². The quantitative estimate of drug-likeness (QED) is 0.0465. The number of ether oxygens (including phenoxy) is 14. The summed E-state index contributed by atoms with van der Waals surface area (Å²) in [6.07, 6.45) is -26.0. The highest BCUT2D eigenvalue weighted by Crippen LogP contribution is 2.46. The molecule has 0 saturated carbocycles. The van der Waals surface area contributed by atoms with Gasteiger partial charge in [-0.05, 0) is 98.7 Å². The van der Waals surface area contributed by atoms with E-state index in [9.17, 15) is 55.2 Å². The number of carbonyl (C=O) groups is 4. The van der Waals surface area contributed by atoms with Crippen LogP contribution in [0.2, 0.25) is 0 Å². The largest absolute Gasteiger partial charge is 0.507 e. The van der Waals surface area contributed by atoms with Crippen LogP contribution in [0.25, 0.3) is 10.8 Å². The second-order valence-electron chi connectivity index (χ2n) is 26.9. The van der Waals surface area contributed by atoms with Crippen LogP contribution in [0.15, 0.2) is 23.4 Å². The average Bonchev–Trinajstić information content (AvgIpc) is 0.741. The highest BCUT2D eigenvalue weighted by molar-refractivity contribution is 6.11. The number of esters is 2. The van der Waals surface area contributed by atoms with E-state index in [1.807, 2.05) is 0 Å². The average molecular weight is 1330 g/mol. The number of ketones is 1. The number of Topliss-reactive ketones (excluding diaryl/α,β-unsaturated/α-hetero) is 1. The lowest BCUT2D eigenvalue weighted by Gasteiger charge is -2.47. The van der Waals surface area contributed by atoms with E-state index >= 15 is 4.79 Å². The molecule has 5 fully saturated rings. The molecule has 0 unspecified atom stereocenters. The van der Waals surface area contributed by atoms with E-state index in [0.29, 0.717) is 0 Å². The number of aliphatic hydroxyl groups is 6. The first-order chi connectivity index (χ1) is 43.6. The molecule has 8 rings (SSSR count). The maximum atomic E-state index is 15.5. The number of benzene rings is 2. The summed E-state index contributed by atoms with van der Waals surface area (Å²) in [5, 5.41) is 98.9. The van der Waals surface area contributed by atoms with Gasteiger partial charge in [0.15, 0.2) is 49.8 Å². The highest BCUT2D eigenvalue weighted by atomic mass is 16.7. The smallest absolute Gasteiger partial charge is 0.308 e. The molecule has 5 saturated heterocycles. The lowest BCUT2D eigenvalue weighted by atomic mass is 9.74. The third kappa shape index (κ3) is 17.6. The summed E-state index contributed by atoms with van der Waals surface area (Å²) in [5.41, 5.74) is -2.68. The Balaban J connectivity index is 1.08. The number of phenolic OH excluding ortho intramolecular Hbond substituents is 2. The van der Waals surface area contributed by atoms with Gasteiger partial charge in [0.25, 0.3) is 5.91 Å². The van der Waals surface area contributed by atoms with Gasteiger partial charge >= 0.3 is 11.9 Å². The SMILES string of the molecule is CO[C@@H]1[C@H](O)C[C@@H](O[C@@H]2C[C@H](Oc3cc(O)c4c(O)c5c(cc4c3)C[C@@H]([C@H](OC)/C(=N/OCC(=O)NC(C)(C)C)[C@@H](O)[C@@H](C)O)[C@H](O[C@H]3C[C@@H](O[C@H]4C[C@@H](O[C@H]6C[C@](C)(O)[C@@H](OC(=O)C(C)C)[C@H](C)O6)[C@H](O)[C@@H](C)O4)[C@H](O)[C@@H](C)O3)C5=O)O[C@H](C)[C@@H]2OC(C)=O)O[C@@H]1C. The molecule has 0 aromatic heterocycles. The number of aromatic hydroxyl groups is 2. The van der Waals surface area contributed by atoms with E-state index in [1.165, 1.54) is 53.2 Å². The number of oxime groups is 1. The van der Waals surface area contributed by atoms with Crippen molar-refractivity contribution in [2.75, 3.05) is 20.8 Å². The van der Waals surface area contributed by atoms with Crippen LogP contribution in [0.3, 0.4) is 0 Å². The number of carbonyl (C=O) groups excluding carboxylic acids is 4. The molecule has 2 aromatic carbocycles. The fourth-order valence-corrected chi connectivity index (χ4v) is 13.1. The van der Waals surface area contributed by atoms with E-state index in [0.717, 1.165) is 0 Å². The van der Waals surface area contributed by atoms with Crippen LogP contribution in [-0.2, 0) is 87.2 Å². The van der Waals surface area contributed by atoms with Crippen LogP contribution >= 0.6 is 0 Å². The van der Waals surface area contributed by atoms with Crippen LogP contribution in [0.1, 0.15) is 138 Å². The molecule has 25 atom stereocenters. The molecule has 2 aromatic rings. The number of hydrogen-bond donors (Lipinski definition) is 9. The number of rotatable bonds is 22. The molecule has 5 heterocycles. The first-order valence-electron chi connectivity index (χ1n) is 31.8. The molecule has 1 aliphatic carbocycles. The van der Waals surface area contributed by atoms with Gasteiger partial charge in [-0.3, -0.25) is 19.2 Å². The van der Waals surface area contributed by atoms with Crippen molar-refractivity contribution in [2.24, 2.45) is 17.0 Å². The Hall–Kier alpha value is -5.03. The molecule has 9 N–H and O–H groups in total. The molecule has 0 bridgehead atoms. The van der Waals surface area contributed by atoms with Gasteiger partial charge in [0.05, 0.1) is 71.8 Å². The first kappa shape index (κ1) is 73.8. The first-order valence-corrected chi connectivity index (χ1v) is 31.8. The summed E-state index contributed by atoms with van der Waals surface area (Å²) in [4.78, 5) is 58.8. The minimum absolute atomic E-state index is 0.0380. The molecule has 93 heavy (non-hydrogen) atoms. The maximum absolute atomic E-state index is 15.5. The Kier molecular flexibility index (Phi) is 24.3. The Morgan fingerprint density at radius 2 is 1.30 bits per heavy atom. The Bertz CT molecular complexity index is 2930. The fourth-order valence-electron chi connectivity index (χ4n) is 13.1. The standard InChI is InChI=1S/C64H96N2O27/c1-26(2)62(77)93-61-32(8)86-48(24-64(61,13)78)90-41-21-46(82-28(4)54(41)74)89-40-22-47(83-29(5)53(40)73)92-60-37(59(80-15)51(52(72)27(3)67)66-81-25-43(71)65-63(10,11)12)18-35-16-34-17-36(19-38(69)49(34)55(75)50(35)56(60)76)88-45-23-42(58(31(7)85-45)87-33(9)68)91-44-20-39(70)57(79-14)30(6)84-44/h16-17,19,26-32,37,39-42,44-48,52-54,57-61,67,69-70,72-75,78H,18,20-25H2,1-15H3,(H,65,71)/b66-51+/t27-,28-,29-,30-,31-,32+,37+,39-,40-,41-,42-,44-,45+,46+,47+,48+,52+,53-,54-,57+,58+,59+,60+,61+,64+/m1/s1. The van der Waals surface area contributed by atoms with E-state index < -0.39 is 206 Å². The van der Waals surface area contributed by atoms with Crippen molar-refractivity contribution in [3.8, 4) is 17.2 Å². The van der Waals surface area contributed by atoms with E-state index in [2.05, 4.69) is 10.5 Å². The second kappa shape index (κ2) is 30.6. The summed E-state index contributed by atoms with van der Waals surface area (Å²) in [6, 6.07) is 4.24. The van der Waals surface area contributed by atoms with Gasteiger partial charge in [-0.1, -0.05) is 19.0 Å². The summed E-state index contributed by atoms with van der Waals surface area (Å²) in [5.74, 6) is -5.37. The number of phenols is 2. The second-order valence-corrected chi connectivity index (χ2v) is 26.9.